The van der Waals surface area contributed by atoms with E-state index in [-0.39, 0.29) is 0 Å². The van der Waals surface area contributed by atoms with Gasteiger partial charge >= 0.3 is 0 Å². The van der Waals surface area contributed by atoms with Gasteiger partial charge in [0.2, 0.25) is 0 Å². The third-order valence-electron chi connectivity index (χ3n) is 6.08. The number of hydrogen-bond donors (Lipinski definition) is 0. The standard InChI is InChI=1S/C30H20BrN/c31-24-18-19-27-26-11-5-7-13-29(26)32(30(27)20-24)28-12-6-4-10-25(28)23-16-14-22(15-17-23)21-8-2-1-3-9-21/h1-20H. The zero-order valence-corrected chi connectivity index (χ0v) is 19.0. The first-order chi connectivity index (χ1) is 15.8. The lowest BCUT2D eigenvalue weighted by Gasteiger charge is -2.14. The predicted octanol–water partition coefficient (Wildman–Crippen LogP) is 8.88. The summed E-state index contributed by atoms with van der Waals surface area (Å²) in [5.74, 6) is 0. The summed E-state index contributed by atoms with van der Waals surface area (Å²) in [7, 11) is 0. The molecule has 1 nitrogen and oxygen atoms in total. The first-order valence-corrected chi connectivity index (χ1v) is 11.5. The maximum Gasteiger partial charge on any atom is 0.0552 e. The molecule has 0 aliphatic carbocycles. The highest BCUT2D eigenvalue weighted by Crippen LogP contribution is 2.37. The largest absolute Gasteiger partial charge is 0.309 e. The van der Waals surface area contributed by atoms with Gasteiger partial charge in [-0.15, -0.1) is 0 Å². The third-order valence-corrected chi connectivity index (χ3v) is 6.58. The molecule has 6 rings (SSSR count). The monoisotopic (exact) mass is 473 g/mol. The van der Waals surface area contributed by atoms with E-state index in [2.05, 4.69) is 142 Å². The van der Waals surface area contributed by atoms with Crippen LogP contribution in [-0.4, -0.2) is 4.57 Å². The molecule has 6 aromatic rings. The van der Waals surface area contributed by atoms with Crippen LogP contribution in [0, 0.1) is 0 Å². The van der Waals surface area contributed by atoms with Gasteiger partial charge in [0.1, 0.15) is 0 Å². The summed E-state index contributed by atoms with van der Waals surface area (Å²) in [4.78, 5) is 0. The molecule has 0 saturated carbocycles. The van der Waals surface area contributed by atoms with E-state index in [1.54, 1.807) is 0 Å². The summed E-state index contributed by atoms with van der Waals surface area (Å²) in [5.41, 5.74) is 8.50. The van der Waals surface area contributed by atoms with Crippen LogP contribution in [0.5, 0.6) is 0 Å². The molecule has 0 aliphatic heterocycles. The lowest BCUT2D eigenvalue weighted by atomic mass is 9.99. The minimum absolute atomic E-state index is 1.08. The second-order valence-corrected chi connectivity index (χ2v) is 8.89. The van der Waals surface area contributed by atoms with E-state index < -0.39 is 0 Å². The smallest absolute Gasteiger partial charge is 0.0552 e. The van der Waals surface area contributed by atoms with Gasteiger partial charge in [-0.2, -0.15) is 0 Å². The number of rotatable bonds is 3. The fourth-order valence-corrected chi connectivity index (χ4v) is 4.94. The lowest BCUT2D eigenvalue weighted by Crippen LogP contribution is -1.97. The Bertz CT molecular complexity index is 1560. The molecule has 0 atom stereocenters. The van der Waals surface area contributed by atoms with E-state index in [9.17, 15) is 0 Å². The van der Waals surface area contributed by atoms with Crippen LogP contribution in [0.25, 0.3) is 49.7 Å². The van der Waals surface area contributed by atoms with Crippen LogP contribution < -0.4 is 0 Å². The number of fused-ring (bicyclic) bond motifs is 3. The normalized spacial score (nSPS) is 11.3. The number of nitrogens with zero attached hydrogens (tertiary/aromatic N) is 1. The highest BCUT2D eigenvalue weighted by Gasteiger charge is 2.15. The molecule has 1 aromatic heterocycles. The second kappa shape index (κ2) is 7.81. The molecule has 0 fully saturated rings. The zero-order chi connectivity index (χ0) is 21.5. The highest BCUT2D eigenvalue weighted by molar-refractivity contribution is 9.10. The Labute approximate surface area is 195 Å². The predicted molar refractivity (Wildman–Crippen MR) is 139 cm³/mol. The van der Waals surface area contributed by atoms with Crippen molar-refractivity contribution < 1.29 is 0 Å². The van der Waals surface area contributed by atoms with E-state index in [1.165, 1.54) is 49.7 Å². The molecule has 0 spiro atoms. The molecule has 0 amide bonds. The Morgan fingerprint density at radius 3 is 1.94 bits per heavy atom. The molecule has 5 aromatic carbocycles. The number of aromatic nitrogens is 1. The first-order valence-electron chi connectivity index (χ1n) is 10.7. The van der Waals surface area contributed by atoms with Crippen LogP contribution in [0.4, 0.5) is 0 Å². The van der Waals surface area contributed by atoms with Crippen LogP contribution in [-0.2, 0) is 0 Å². The van der Waals surface area contributed by atoms with Crippen LogP contribution in [0.1, 0.15) is 0 Å². The quantitative estimate of drug-likeness (QED) is 0.241. The van der Waals surface area contributed by atoms with Gasteiger partial charge in [0.05, 0.1) is 16.7 Å². The number of para-hydroxylation sites is 2. The van der Waals surface area contributed by atoms with E-state index >= 15 is 0 Å². The topological polar surface area (TPSA) is 4.93 Å². The second-order valence-electron chi connectivity index (χ2n) is 7.97. The lowest BCUT2D eigenvalue weighted by molar-refractivity contribution is 1.18. The van der Waals surface area contributed by atoms with Crippen molar-refractivity contribution in [3.8, 4) is 27.9 Å². The van der Waals surface area contributed by atoms with E-state index in [0.717, 1.165) is 4.47 Å². The van der Waals surface area contributed by atoms with E-state index in [1.807, 2.05) is 0 Å². The molecule has 0 radical (unpaired) electrons. The van der Waals surface area contributed by atoms with Crippen LogP contribution in [0.15, 0.2) is 126 Å². The van der Waals surface area contributed by atoms with Gasteiger partial charge in [-0.3, -0.25) is 0 Å². The number of benzene rings is 5. The van der Waals surface area contributed by atoms with Gasteiger partial charge in [-0.25, -0.2) is 0 Å². The molecule has 0 bridgehead atoms. The summed E-state index contributed by atoms with van der Waals surface area (Å²) >= 11 is 3.68. The highest BCUT2D eigenvalue weighted by atomic mass is 79.9. The van der Waals surface area contributed by atoms with Crippen molar-refractivity contribution in [2.24, 2.45) is 0 Å². The van der Waals surface area contributed by atoms with Gasteiger partial charge in [0.25, 0.3) is 0 Å². The van der Waals surface area contributed by atoms with Crippen molar-refractivity contribution in [3.05, 3.63) is 126 Å². The van der Waals surface area contributed by atoms with Crippen molar-refractivity contribution in [2.75, 3.05) is 0 Å². The Kier molecular flexibility index (Phi) is 4.66. The maximum absolute atomic E-state index is 3.68. The molecule has 0 saturated heterocycles. The Morgan fingerprint density at radius 1 is 0.469 bits per heavy atom. The minimum Gasteiger partial charge on any atom is -0.309 e. The van der Waals surface area contributed by atoms with Crippen LogP contribution in [0.3, 0.4) is 0 Å². The molecule has 152 valence electrons. The van der Waals surface area contributed by atoms with Crippen molar-refractivity contribution in [1.29, 1.82) is 0 Å². The maximum atomic E-state index is 3.68. The first kappa shape index (κ1) is 19.1. The summed E-state index contributed by atoms with van der Waals surface area (Å²) in [6.07, 6.45) is 0. The molecule has 32 heavy (non-hydrogen) atoms. The summed E-state index contributed by atoms with van der Waals surface area (Å²) in [6.45, 7) is 0. The minimum atomic E-state index is 1.08. The Hall–Kier alpha value is -3.62. The van der Waals surface area contributed by atoms with E-state index in [4.69, 9.17) is 0 Å². The zero-order valence-electron chi connectivity index (χ0n) is 17.4. The summed E-state index contributed by atoms with van der Waals surface area (Å²) in [5, 5.41) is 2.53. The fraction of sp³-hybridized carbons (Fsp3) is 0. The van der Waals surface area contributed by atoms with Gasteiger partial charge < -0.3 is 4.57 Å². The Balaban J connectivity index is 1.57. The summed E-state index contributed by atoms with van der Waals surface area (Å²) < 4.78 is 3.47. The van der Waals surface area contributed by atoms with Crippen LogP contribution in [0.2, 0.25) is 0 Å². The average Bonchev–Trinajstić information content (AvgIpc) is 3.18. The van der Waals surface area contributed by atoms with Gasteiger partial charge in [0, 0.05) is 20.8 Å². The van der Waals surface area contributed by atoms with E-state index in [0.29, 0.717) is 0 Å². The van der Waals surface area contributed by atoms with Crippen molar-refractivity contribution in [3.63, 3.8) is 0 Å². The van der Waals surface area contributed by atoms with Crippen molar-refractivity contribution in [1.82, 2.24) is 4.57 Å². The van der Waals surface area contributed by atoms with Crippen molar-refractivity contribution in [2.45, 2.75) is 0 Å². The molecular weight excluding hydrogens is 454 g/mol. The van der Waals surface area contributed by atoms with Gasteiger partial charge in [-0.1, -0.05) is 113 Å². The van der Waals surface area contributed by atoms with Crippen molar-refractivity contribution >= 4 is 37.7 Å². The SMILES string of the molecule is Brc1ccc2c3ccccc3n(-c3ccccc3-c3ccc(-c4ccccc4)cc3)c2c1. The van der Waals surface area contributed by atoms with Gasteiger partial charge in [0.15, 0.2) is 0 Å². The van der Waals surface area contributed by atoms with Crippen LogP contribution >= 0.6 is 15.9 Å². The molecule has 0 N–H and O–H groups in total. The fourth-order valence-electron chi connectivity index (χ4n) is 4.59. The number of halogens is 1. The molecule has 0 unspecified atom stereocenters. The molecule has 2 heteroatoms. The Morgan fingerprint density at radius 2 is 1.09 bits per heavy atom. The third kappa shape index (κ3) is 3.16. The molecule has 0 aliphatic rings. The number of hydrogen-bond acceptors (Lipinski definition) is 0. The average molecular weight is 474 g/mol. The molecular formula is C30H20BrN. The van der Waals surface area contributed by atoms with Gasteiger partial charge in [-0.05, 0) is 41.0 Å². The molecule has 1 heterocycles. The summed E-state index contributed by atoms with van der Waals surface area (Å²) in [6, 6.07) is 43.2.